The summed E-state index contributed by atoms with van der Waals surface area (Å²) in [5, 5.41) is 0.454. The zero-order chi connectivity index (χ0) is 19.1. The molecule has 0 aliphatic rings. The topological polar surface area (TPSA) is 56.9 Å². The van der Waals surface area contributed by atoms with Gasteiger partial charge in [-0.3, -0.25) is 13.9 Å². The first-order valence-electron chi connectivity index (χ1n) is 8.72. The summed E-state index contributed by atoms with van der Waals surface area (Å²) in [5.74, 6) is 0. The molecule has 0 bridgehead atoms. The summed E-state index contributed by atoms with van der Waals surface area (Å²) in [6, 6.07) is 19.7. The molecule has 5 heteroatoms. The maximum absolute atomic E-state index is 13.1. The molecule has 0 radical (unpaired) electrons. The van der Waals surface area contributed by atoms with Crippen LogP contribution in [0.25, 0.3) is 33.3 Å². The Labute approximate surface area is 156 Å². The average molecular weight is 357 g/mol. The van der Waals surface area contributed by atoms with Crippen LogP contribution >= 0.6 is 0 Å². The third kappa shape index (κ3) is 2.59. The summed E-state index contributed by atoms with van der Waals surface area (Å²) in [6.07, 6.45) is 0. The fraction of sp³-hybridized carbons (Fsp3) is 0.136. The second-order valence-electron chi connectivity index (χ2n) is 6.58. The standard InChI is InChI=1S/C22H19N3O2/c1-14-17(15-10-6-4-7-11-15)18(16-12-8-5-9-13-16)19-20(23-14)24(2)22(27)25(3)21(19)26/h4-13H,1-3H3. The Bertz CT molecular complexity index is 1270. The van der Waals surface area contributed by atoms with Crippen molar-refractivity contribution in [1.29, 1.82) is 0 Å². The fourth-order valence-electron chi connectivity index (χ4n) is 3.56. The van der Waals surface area contributed by atoms with Gasteiger partial charge >= 0.3 is 5.69 Å². The molecule has 0 amide bonds. The zero-order valence-electron chi connectivity index (χ0n) is 15.4. The van der Waals surface area contributed by atoms with E-state index in [-0.39, 0.29) is 11.2 Å². The van der Waals surface area contributed by atoms with Gasteiger partial charge in [0, 0.05) is 30.9 Å². The van der Waals surface area contributed by atoms with E-state index in [1.165, 1.54) is 11.6 Å². The fourth-order valence-corrected chi connectivity index (χ4v) is 3.56. The number of hydrogen-bond acceptors (Lipinski definition) is 3. The van der Waals surface area contributed by atoms with E-state index in [2.05, 4.69) is 4.98 Å². The zero-order valence-corrected chi connectivity index (χ0v) is 15.4. The number of nitrogens with zero attached hydrogens (tertiary/aromatic N) is 3. The molecule has 134 valence electrons. The van der Waals surface area contributed by atoms with Crippen molar-refractivity contribution in [2.75, 3.05) is 0 Å². The van der Waals surface area contributed by atoms with Crippen molar-refractivity contribution in [2.24, 2.45) is 14.1 Å². The lowest BCUT2D eigenvalue weighted by Gasteiger charge is -2.17. The van der Waals surface area contributed by atoms with Gasteiger partial charge in [0.05, 0.1) is 5.39 Å². The van der Waals surface area contributed by atoms with E-state index < -0.39 is 0 Å². The minimum absolute atomic E-state index is 0.336. The lowest BCUT2D eigenvalue weighted by Crippen LogP contribution is -2.37. The molecule has 0 fully saturated rings. The van der Waals surface area contributed by atoms with Crippen molar-refractivity contribution in [3.8, 4) is 22.3 Å². The first-order chi connectivity index (χ1) is 13.0. The second kappa shape index (κ2) is 6.36. The summed E-state index contributed by atoms with van der Waals surface area (Å²) in [6.45, 7) is 1.91. The van der Waals surface area contributed by atoms with Crippen LogP contribution in [-0.4, -0.2) is 14.1 Å². The van der Waals surface area contributed by atoms with Crippen molar-refractivity contribution in [3.63, 3.8) is 0 Å². The molecule has 0 N–H and O–H groups in total. The summed E-state index contributed by atoms with van der Waals surface area (Å²) >= 11 is 0. The highest BCUT2D eigenvalue weighted by molar-refractivity contribution is 6.01. The van der Waals surface area contributed by atoms with Gasteiger partial charge in [0.1, 0.15) is 5.65 Å². The number of fused-ring (bicyclic) bond motifs is 1. The third-order valence-corrected chi connectivity index (χ3v) is 4.89. The van der Waals surface area contributed by atoms with Crippen LogP contribution in [0.15, 0.2) is 70.3 Å². The van der Waals surface area contributed by atoms with Crippen LogP contribution in [-0.2, 0) is 14.1 Å². The predicted molar refractivity (Wildman–Crippen MR) is 108 cm³/mol. The predicted octanol–water partition coefficient (Wildman–Crippen LogP) is 3.27. The molecule has 2 heterocycles. The molecule has 0 saturated carbocycles. The first-order valence-corrected chi connectivity index (χ1v) is 8.72. The number of pyridine rings is 1. The van der Waals surface area contributed by atoms with E-state index in [1.807, 2.05) is 67.6 Å². The molecule has 0 spiro atoms. The Morgan fingerprint density at radius 1 is 0.741 bits per heavy atom. The first kappa shape index (κ1) is 17.0. The van der Waals surface area contributed by atoms with Crippen LogP contribution in [0.4, 0.5) is 0 Å². The smallest absolute Gasteiger partial charge is 0.280 e. The molecule has 4 aromatic rings. The van der Waals surface area contributed by atoms with E-state index in [0.29, 0.717) is 11.0 Å². The highest BCUT2D eigenvalue weighted by atomic mass is 16.2. The lowest BCUT2D eigenvalue weighted by molar-refractivity contribution is 0.707. The Hall–Kier alpha value is -3.47. The van der Waals surface area contributed by atoms with Gasteiger partial charge < -0.3 is 0 Å². The van der Waals surface area contributed by atoms with Gasteiger partial charge in [-0.15, -0.1) is 0 Å². The monoisotopic (exact) mass is 357 g/mol. The Kier molecular flexibility index (Phi) is 4.00. The van der Waals surface area contributed by atoms with Crippen LogP contribution < -0.4 is 11.2 Å². The van der Waals surface area contributed by atoms with E-state index in [9.17, 15) is 9.59 Å². The minimum atomic E-state index is -0.383. The van der Waals surface area contributed by atoms with Gasteiger partial charge in [-0.1, -0.05) is 60.7 Å². The molecule has 5 nitrogen and oxygen atoms in total. The van der Waals surface area contributed by atoms with Gasteiger partial charge in [0.25, 0.3) is 5.56 Å². The lowest BCUT2D eigenvalue weighted by atomic mass is 9.91. The summed E-state index contributed by atoms with van der Waals surface area (Å²) in [4.78, 5) is 30.2. The Morgan fingerprint density at radius 3 is 1.81 bits per heavy atom. The van der Waals surface area contributed by atoms with Gasteiger partial charge in [-0.2, -0.15) is 0 Å². The van der Waals surface area contributed by atoms with Gasteiger partial charge in [-0.05, 0) is 18.1 Å². The van der Waals surface area contributed by atoms with Crippen molar-refractivity contribution in [2.45, 2.75) is 6.92 Å². The van der Waals surface area contributed by atoms with Crippen molar-refractivity contribution in [1.82, 2.24) is 14.1 Å². The maximum Gasteiger partial charge on any atom is 0.332 e. The van der Waals surface area contributed by atoms with E-state index in [1.54, 1.807) is 7.05 Å². The third-order valence-electron chi connectivity index (χ3n) is 4.89. The quantitative estimate of drug-likeness (QED) is 0.553. The van der Waals surface area contributed by atoms with Crippen molar-refractivity contribution in [3.05, 3.63) is 87.2 Å². The Balaban J connectivity index is 2.31. The van der Waals surface area contributed by atoms with E-state index in [4.69, 9.17) is 0 Å². The molecule has 4 rings (SSSR count). The van der Waals surface area contributed by atoms with Crippen LogP contribution in [0, 0.1) is 6.92 Å². The molecule has 27 heavy (non-hydrogen) atoms. The average Bonchev–Trinajstić information content (AvgIpc) is 2.71. The molecular weight excluding hydrogens is 338 g/mol. The summed E-state index contributed by atoms with van der Waals surface area (Å²) < 4.78 is 2.57. The maximum atomic E-state index is 13.1. The van der Waals surface area contributed by atoms with Gasteiger partial charge in [-0.25, -0.2) is 9.78 Å². The number of benzene rings is 2. The van der Waals surface area contributed by atoms with Gasteiger partial charge in [0.15, 0.2) is 0 Å². The molecule has 0 unspecified atom stereocenters. The van der Waals surface area contributed by atoms with Crippen molar-refractivity contribution < 1.29 is 0 Å². The Morgan fingerprint density at radius 2 is 1.26 bits per heavy atom. The highest BCUT2D eigenvalue weighted by Gasteiger charge is 2.21. The molecule has 0 saturated heterocycles. The number of aryl methyl sites for hydroxylation is 2. The van der Waals surface area contributed by atoms with E-state index in [0.717, 1.165) is 32.5 Å². The molecule has 0 atom stereocenters. The molecule has 2 aromatic carbocycles. The second-order valence-corrected chi connectivity index (χ2v) is 6.58. The largest absolute Gasteiger partial charge is 0.332 e. The SMILES string of the molecule is Cc1nc2c(c(-c3ccccc3)c1-c1ccccc1)c(=O)n(C)c(=O)n2C. The number of hydrogen-bond donors (Lipinski definition) is 0. The van der Waals surface area contributed by atoms with Crippen LogP contribution in [0.1, 0.15) is 5.69 Å². The number of rotatable bonds is 2. The van der Waals surface area contributed by atoms with E-state index >= 15 is 0 Å². The molecule has 0 aliphatic heterocycles. The minimum Gasteiger partial charge on any atom is -0.280 e. The van der Waals surface area contributed by atoms with Crippen LogP contribution in [0.3, 0.4) is 0 Å². The highest BCUT2D eigenvalue weighted by Crippen LogP contribution is 2.37. The summed E-state index contributed by atoms with van der Waals surface area (Å²) in [5.41, 5.74) is 4.07. The van der Waals surface area contributed by atoms with Crippen LogP contribution in [0.5, 0.6) is 0 Å². The molecule has 0 aliphatic carbocycles. The van der Waals surface area contributed by atoms with Crippen LogP contribution in [0.2, 0.25) is 0 Å². The summed E-state index contributed by atoms with van der Waals surface area (Å²) in [7, 11) is 3.15. The molecule has 2 aromatic heterocycles. The van der Waals surface area contributed by atoms with Crippen molar-refractivity contribution >= 4 is 11.0 Å². The number of aromatic nitrogens is 3. The normalized spacial score (nSPS) is 11.1. The molecular formula is C22H19N3O2. The van der Waals surface area contributed by atoms with Gasteiger partial charge in [0.2, 0.25) is 0 Å².